The van der Waals surface area contributed by atoms with Crippen LogP contribution in [-0.2, 0) is 28.7 Å². The van der Waals surface area contributed by atoms with Gasteiger partial charge < -0.3 is 30.5 Å². The summed E-state index contributed by atoms with van der Waals surface area (Å²) in [5.74, 6) is -1.90. The van der Waals surface area contributed by atoms with Gasteiger partial charge in [-0.2, -0.15) is 0 Å². The third-order valence-electron chi connectivity index (χ3n) is 4.08. The normalized spacial score (nSPS) is 20.5. The van der Waals surface area contributed by atoms with E-state index in [9.17, 15) is 19.2 Å². The summed E-state index contributed by atoms with van der Waals surface area (Å²) in [4.78, 5) is 57.3. The van der Waals surface area contributed by atoms with Gasteiger partial charge in [-0.25, -0.2) is 9.78 Å². The quantitative estimate of drug-likeness (QED) is 0.210. The maximum Gasteiger partial charge on any atom is 0.512 e. The molecule has 0 bridgehead atoms. The number of nitrogen functional groups attached to an aromatic ring is 1. The van der Waals surface area contributed by atoms with Gasteiger partial charge in [-0.15, -0.1) is 23.1 Å². The lowest BCUT2D eigenvalue weighted by atomic mass is 10.1. The van der Waals surface area contributed by atoms with Crippen molar-refractivity contribution in [2.24, 2.45) is 5.16 Å². The van der Waals surface area contributed by atoms with Crippen LogP contribution in [0.3, 0.4) is 0 Å². The minimum absolute atomic E-state index is 0.171. The van der Waals surface area contributed by atoms with Crippen molar-refractivity contribution in [2.45, 2.75) is 18.3 Å². The van der Waals surface area contributed by atoms with Crippen LogP contribution in [0.2, 0.25) is 0 Å². The zero-order valence-corrected chi connectivity index (χ0v) is 17.8. The monoisotopic (exact) mass is 471 g/mol. The van der Waals surface area contributed by atoms with E-state index in [1.807, 2.05) is 0 Å². The number of carbonyl (C=O) groups is 4. The lowest BCUT2D eigenvalue weighted by Gasteiger charge is -2.49. The van der Waals surface area contributed by atoms with Crippen LogP contribution in [0.1, 0.15) is 12.6 Å². The molecule has 2 aliphatic rings. The number of fused-ring (bicyclic) bond motifs is 1. The summed E-state index contributed by atoms with van der Waals surface area (Å²) >= 11 is 2.35. The summed E-state index contributed by atoms with van der Waals surface area (Å²) in [6, 6.07) is -0.974. The maximum absolute atomic E-state index is 12.7. The smallest absolute Gasteiger partial charge is 0.461 e. The molecule has 1 fully saturated rings. The molecule has 1 saturated heterocycles. The molecule has 2 amide bonds. The van der Waals surface area contributed by atoms with Crippen LogP contribution in [0.15, 0.2) is 22.0 Å². The molecule has 2 atom stereocenters. The Bertz CT molecular complexity index is 990. The SMILES string of the molecule is CO/N=C(\C(=O)N[C@@H]1C(=O)N2C(OC(=O)O)=C(COC(C)=O)CS[C@H]12)c1csc(N)n1. The van der Waals surface area contributed by atoms with Crippen LogP contribution >= 0.6 is 23.1 Å². The Balaban J connectivity index is 1.77. The fourth-order valence-electron chi connectivity index (χ4n) is 2.80. The molecule has 1 aromatic heterocycles. The van der Waals surface area contributed by atoms with Gasteiger partial charge in [0.2, 0.25) is 5.88 Å². The zero-order chi connectivity index (χ0) is 22.7. The number of carboxylic acid groups (broad SMARTS) is 1. The minimum Gasteiger partial charge on any atom is -0.461 e. The van der Waals surface area contributed by atoms with Crippen molar-refractivity contribution in [2.75, 3.05) is 25.2 Å². The third kappa shape index (κ3) is 4.72. The van der Waals surface area contributed by atoms with Crippen molar-refractivity contribution in [3.63, 3.8) is 0 Å². The summed E-state index contributed by atoms with van der Waals surface area (Å²) in [6.07, 6.45) is -1.63. The number of thiazole rings is 1. The molecular formula is C16H17N5O8S2. The minimum atomic E-state index is -1.63. The standard InChI is InChI=1S/C16H17N5O8S2/c1-6(22)28-3-7-4-30-14-10(12(24)21(14)13(7)29-16(25)26)19-11(23)9(20-27-2)8-5-31-15(17)18-8/h5,10,14H,3-4H2,1-2H3,(H2,17,18)(H,19,23)(H,25,26)/b20-9-/t10-,14-/m1/s1. The van der Waals surface area contributed by atoms with Gasteiger partial charge in [-0.1, -0.05) is 5.16 Å². The highest BCUT2D eigenvalue weighted by molar-refractivity contribution is 8.00. The number of β-lactam (4-membered cyclic amide) rings is 1. The average Bonchev–Trinajstić information content (AvgIpc) is 3.13. The number of nitrogens with zero attached hydrogens (tertiary/aromatic N) is 3. The molecule has 13 nitrogen and oxygen atoms in total. The topological polar surface area (TPSA) is 183 Å². The second-order valence-corrected chi connectivity index (χ2v) is 8.11. The van der Waals surface area contributed by atoms with E-state index in [0.29, 0.717) is 5.57 Å². The van der Waals surface area contributed by atoms with Crippen molar-refractivity contribution in [1.29, 1.82) is 0 Å². The van der Waals surface area contributed by atoms with Gasteiger partial charge in [0.25, 0.3) is 11.8 Å². The maximum atomic E-state index is 12.7. The molecular weight excluding hydrogens is 454 g/mol. The number of hydrogen-bond donors (Lipinski definition) is 3. The van der Waals surface area contributed by atoms with Crippen molar-refractivity contribution >= 4 is 57.9 Å². The molecule has 0 aliphatic carbocycles. The highest BCUT2D eigenvalue weighted by atomic mass is 32.2. The number of hydrogen-bond acceptors (Lipinski definition) is 12. The first-order valence-corrected chi connectivity index (χ1v) is 10.5. The predicted molar refractivity (Wildman–Crippen MR) is 108 cm³/mol. The number of carbonyl (C=O) groups excluding carboxylic acids is 3. The predicted octanol–water partition coefficient (Wildman–Crippen LogP) is -0.0550. The van der Waals surface area contributed by atoms with Crippen molar-refractivity contribution in [1.82, 2.24) is 15.2 Å². The molecule has 4 N–H and O–H groups in total. The summed E-state index contributed by atoms with van der Waals surface area (Å²) in [5.41, 5.74) is 5.92. The largest absolute Gasteiger partial charge is 0.512 e. The Morgan fingerprint density at radius 2 is 2.19 bits per heavy atom. The van der Waals surface area contributed by atoms with E-state index in [1.165, 1.54) is 31.2 Å². The molecule has 15 heteroatoms. The molecule has 31 heavy (non-hydrogen) atoms. The Kier molecular flexibility index (Phi) is 6.65. The van der Waals surface area contributed by atoms with E-state index in [2.05, 4.69) is 15.5 Å². The van der Waals surface area contributed by atoms with Gasteiger partial charge in [0.15, 0.2) is 10.8 Å². The van der Waals surface area contributed by atoms with E-state index in [4.69, 9.17) is 25.2 Å². The average molecular weight is 471 g/mol. The van der Waals surface area contributed by atoms with Gasteiger partial charge >= 0.3 is 12.1 Å². The molecule has 0 saturated carbocycles. The van der Waals surface area contributed by atoms with Gasteiger partial charge in [-0.3, -0.25) is 19.3 Å². The number of esters is 1. The summed E-state index contributed by atoms with van der Waals surface area (Å²) < 4.78 is 9.67. The Morgan fingerprint density at radius 1 is 1.45 bits per heavy atom. The lowest BCUT2D eigenvalue weighted by molar-refractivity contribution is -0.148. The van der Waals surface area contributed by atoms with Crippen molar-refractivity contribution in [3.05, 3.63) is 22.5 Å². The first-order chi connectivity index (χ1) is 14.7. The number of nitrogens with one attached hydrogen (secondary N) is 1. The number of amides is 2. The molecule has 0 unspecified atom stereocenters. The molecule has 0 aromatic carbocycles. The summed E-state index contributed by atoms with van der Waals surface area (Å²) in [5, 5.41) is 16.3. The van der Waals surface area contributed by atoms with Crippen molar-refractivity contribution < 1.29 is 38.6 Å². The van der Waals surface area contributed by atoms with Gasteiger partial charge in [0.1, 0.15) is 30.8 Å². The van der Waals surface area contributed by atoms with Crippen LogP contribution in [0, 0.1) is 0 Å². The van der Waals surface area contributed by atoms with Crippen LogP contribution in [0.4, 0.5) is 9.93 Å². The van der Waals surface area contributed by atoms with Crippen LogP contribution in [-0.4, -0.2) is 75.5 Å². The van der Waals surface area contributed by atoms with Crippen molar-refractivity contribution in [3.8, 4) is 0 Å². The molecule has 0 spiro atoms. The third-order valence-corrected chi connectivity index (χ3v) is 6.09. The van der Waals surface area contributed by atoms with E-state index < -0.39 is 35.4 Å². The molecule has 3 heterocycles. The lowest BCUT2D eigenvalue weighted by Crippen LogP contribution is -2.70. The molecule has 3 rings (SSSR count). The second-order valence-electron chi connectivity index (χ2n) is 6.11. The van der Waals surface area contributed by atoms with Gasteiger partial charge in [-0.05, 0) is 0 Å². The fraction of sp³-hybridized carbons (Fsp3) is 0.375. The van der Waals surface area contributed by atoms with Crippen LogP contribution in [0.25, 0.3) is 0 Å². The highest BCUT2D eigenvalue weighted by Gasteiger charge is 2.54. The number of oxime groups is 1. The van der Waals surface area contributed by atoms with E-state index >= 15 is 0 Å². The Labute approximate surface area is 183 Å². The Morgan fingerprint density at radius 3 is 2.77 bits per heavy atom. The molecule has 2 aliphatic heterocycles. The van der Waals surface area contributed by atoms with E-state index in [-0.39, 0.29) is 34.8 Å². The first-order valence-electron chi connectivity index (χ1n) is 8.57. The van der Waals surface area contributed by atoms with Gasteiger partial charge in [0, 0.05) is 23.6 Å². The summed E-state index contributed by atoms with van der Waals surface area (Å²) in [7, 11) is 1.25. The Hall–Kier alpha value is -3.33. The van der Waals surface area contributed by atoms with E-state index in [0.717, 1.165) is 16.2 Å². The number of anilines is 1. The van der Waals surface area contributed by atoms with Crippen LogP contribution < -0.4 is 11.1 Å². The highest BCUT2D eigenvalue weighted by Crippen LogP contribution is 2.40. The van der Waals surface area contributed by atoms with Gasteiger partial charge in [0.05, 0.1) is 0 Å². The molecule has 1 aromatic rings. The molecule has 166 valence electrons. The number of aromatic nitrogens is 1. The second kappa shape index (κ2) is 9.22. The number of ether oxygens (including phenoxy) is 2. The zero-order valence-electron chi connectivity index (χ0n) is 16.2. The fourth-order valence-corrected chi connectivity index (χ4v) is 4.65. The molecule has 0 radical (unpaired) electrons. The number of nitrogens with two attached hydrogens (primary N) is 1. The number of thioether (sulfide) groups is 1. The number of rotatable bonds is 7. The van der Waals surface area contributed by atoms with E-state index in [1.54, 1.807) is 0 Å². The van der Waals surface area contributed by atoms with Crippen LogP contribution in [0.5, 0.6) is 0 Å². The first kappa shape index (κ1) is 22.4. The summed E-state index contributed by atoms with van der Waals surface area (Å²) in [6.45, 7) is 0.973.